The summed E-state index contributed by atoms with van der Waals surface area (Å²) in [6, 6.07) is 10.4. The van der Waals surface area contributed by atoms with Crippen LogP contribution in [0.1, 0.15) is 5.56 Å². The normalized spacial score (nSPS) is 10.9. The Bertz CT molecular complexity index is 671. The average molecular weight is 221 g/mol. The molecule has 0 aliphatic heterocycles. The van der Waals surface area contributed by atoms with Gasteiger partial charge in [0.25, 0.3) is 0 Å². The van der Waals surface area contributed by atoms with E-state index in [9.17, 15) is 0 Å². The van der Waals surface area contributed by atoms with Gasteiger partial charge in [-0.3, -0.25) is 0 Å². The minimum Gasteiger partial charge on any atom is -0.237 e. The lowest BCUT2D eigenvalue weighted by atomic mass is 9.95. The van der Waals surface area contributed by atoms with Crippen LogP contribution in [0.5, 0.6) is 0 Å². The number of benzene rings is 1. The smallest absolute Gasteiger partial charge is 0.155 e. The topological polar surface area (TPSA) is 30.2 Å². The van der Waals surface area contributed by atoms with Crippen LogP contribution in [0.25, 0.3) is 16.9 Å². The summed E-state index contributed by atoms with van der Waals surface area (Å²) in [5, 5.41) is 4.53. The number of hydrogen-bond donors (Lipinski definition) is 0. The van der Waals surface area contributed by atoms with E-state index in [4.69, 9.17) is 0 Å². The predicted molar refractivity (Wildman–Crippen MR) is 71.3 cm³/mol. The number of nitrogens with zero attached hydrogens (tertiary/aromatic N) is 3. The molecule has 0 saturated heterocycles. The zero-order valence-corrected chi connectivity index (χ0v) is 9.88. The van der Waals surface area contributed by atoms with E-state index in [1.165, 1.54) is 5.46 Å². The summed E-state index contributed by atoms with van der Waals surface area (Å²) >= 11 is 0. The monoisotopic (exact) mass is 221 g/mol. The molecule has 0 saturated carbocycles. The van der Waals surface area contributed by atoms with Gasteiger partial charge in [0.15, 0.2) is 5.65 Å². The molecule has 3 aromatic rings. The first kappa shape index (κ1) is 10.1. The predicted octanol–water partition coefficient (Wildman–Crippen LogP) is 0.963. The van der Waals surface area contributed by atoms with Gasteiger partial charge in [-0.1, -0.05) is 29.7 Å². The number of fused-ring (bicyclic) bond motifs is 1. The fourth-order valence-electron chi connectivity index (χ4n) is 1.84. The van der Waals surface area contributed by atoms with Gasteiger partial charge in [0.05, 0.1) is 5.69 Å². The van der Waals surface area contributed by atoms with Crippen molar-refractivity contribution in [3.05, 3.63) is 48.3 Å². The van der Waals surface area contributed by atoms with E-state index in [1.54, 1.807) is 0 Å². The van der Waals surface area contributed by atoms with E-state index in [0.717, 1.165) is 22.5 Å². The Morgan fingerprint density at radius 3 is 2.71 bits per heavy atom. The van der Waals surface area contributed by atoms with Crippen molar-refractivity contribution in [3.8, 4) is 11.3 Å². The molecule has 4 heteroatoms. The standard InChI is InChI=1S/C13H12BN3/c1-9-7-15-13-6-12(16-17(13)8-9)10-2-4-11(14)5-3-10/h2-8H,14H2,1H3. The quantitative estimate of drug-likeness (QED) is 0.573. The fourth-order valence-corrected chi connectivity index (χ4v) is 1.84. The van der Waals surface area contributed by atoms with Crippen molar-refractivity contribution in [1.29, 1.82) is 0 Å². The molecule has 3 rings (SSSR count). The summed E-state index contributed by atoms with van der Waals surface area (Å²) in [7, 11) is 2.08. The molecule has 0 atom stereocenters. The fraction of sp³-hybridized carbons (Fsp3) is 0.0769. The summed E-state index contributed by atoms with van der Waals surface area (Å²) < 4.78 is 1.82. The highest BCUT2D eigenvalue weighted by Crippen LogP contribution is 2.17. The Morgan fingerprint density at radius 1 is 1.18 bits per heavy atom. The van der Waals surface area contributed by atoms with Gasteiger partial charge in [0.1, 0.15) is 7.85 Å². The maximum atomic E-state index is 4.53. The lowest BCUT2D eigenvalue weighted by Gasteiger charge is -1.96. The van der Waals surface area contributed by atoms with Crippen LogP contribution in [0, 0.1) is 6.92 Å². The number of aryl methyl sites for hydroxylation is 1. The Labute approximate surface area is 101 Å². The Hall–Kier alpha value is -2.10. The third-order valence-corrected chi connectivity index (χ3v) is 2.79. The van der Waals surface area contributed by atoms with E-state index >= 15 is 0 Å². The van der Waals surface area contributed by atoms with Crippen molar-refractivity contribution in [3.63, 3.8) is 0 Å². The molecule has 0 fully saturated rings. The summed E-state index contributed by atoms with van der Waals surface area (Å²) in [4.78, 5) is 4.34. The first-order valence-corrected chi connectivity index (χ1v) is 5.61. The van der Waals surface area contributed by atoms with Crippen molar-refractivity contribution >= 4 is 19.0 Å². The van der Waals surface area contributed by atoms with E-state index in [1.807, 2.05) is 29.9 Å². The SMILES string of the molecule is Bc1ccc(-c2cc3ncc(C)cn3n2)cc1. The Morgan fingerprint density at radius 2 is 1.94 bits per heavy atom. The first-order valence-electron chi connectivity index (χ1n) is 5.61. The number of rotatable bonds is 1. The molecule has 2 aromatic heterocycles. The van der Waals surface area contributed by atoms with Crippen LogP contribution in [-0.2, 0) is 0 Å². The van der Waals surface area contributed by atoms with Crippen LogP contribution in [0.2, 0.25) is 0 Å². The van der Waals surface area contributed by atoms with Crippen molar-refractivity contribution in [2.75, 3.05) is 0 Å². The van der Waals surface area contributed by atoms with Gasteiger partial charge < -0.3 is 0 Å². The molecule has 0 aliphatic carbocycles. The van der Waals surface area contributed by atoms with Crippen LogP contribution < -0.4 is 5.46 Å². The second kappa shape index (κ2) is 3.73. The molecule has 0 N–H and O–H groups in total. The van der Waals surface area contributed by atoms with E-state index < -0.39 is 0 Å². The molecular weight excluding hydrogens is 209 g/mol. The summed E-state index contributed by atoms with van der Waals surface area (Å²) in [6.07, 6.45) is 3.84. The minimum absolute atomic E-state index is 0.881. The molecule has 17 heavy (non-hydrogen) atoms. The van der Waals surface area contributed by atoms with Crippen LogP contribution in [-0.4, -0.2) is 22.4 Å². The van der Waals surface area contributed by atoms with Crippen LogP contribution >= 0.6 is 0 Å². The van der Waals surface area contributed by atoms with Gasteiger partial charge in [-0.15, -0.1) is 0 Å². The Balaban J connectivity index is 2.14. The van der Waals surface area contributed by atoms with Crippen LogP contribution in [0.15, 0.2) is 42.7 Å². The maximum Gasteiger partial charge on any atom is 0.155 e. The van der Waals surface area contributed by atoms with E-state index in [2.05, 4.69) is 42.2 Å². The molecule has 1 aromatic carbocycles. The van der Waals surface area contributed by atoms with E-state index in [-0.39, 0.29) is 0 Å². The van der Waals surface area contributed by atoms with Crippen molar-refractivity contribution in [1.82, 2.24) is 14.6 Å². The lowest BCUT2D eigenvalue weighted by Crippen LogP contribution is -1.99. The van der Waals surface area contributed by atoms with E-state index in [0.29, 0.717) is 0 Å². The second-order valence-electron chi connectivity index (χ2n) is 4.33. The number of aromatic nitrogens is 3. The largest absolute Gasteiger partial charge is 0.237 e. The minimum atomic E-state index is 0.881. The van der Waals surface area contributed by atoms with Crippen molar-refractivity contribution < 1.29 is 0 Å². The van der Waals surface area contributed by atoms with Crippen LogP contribution in [0.3, 0.4) is 0 Å². The van der Waals surface area contributed by atoms with Gasteiger partial charge in [0, 0.05) is 24.0 Å². The van der Waals surface area contributed by atoms with Gasteiger partial charge in [-0.05, 0) is 12.5 Å². The van der Waals surface area contributed by atoms with Crippen molar-refractivity contribution in [2.45, 2.75) is 6.92 Å². The molecule has 0 aliphatic rings. The molecule has 2 heterocycles. The van der Waals surface area contributed by atoms with Gasteiger partial charge >= 0.3 is 0 Å². The molecule has 0 radical (unpaired) electrons. The lowest BCUT2D eigenvalue weighted by molar-refractivity contribution is 0.931. The second-order valence-corrected chi connectivity index (χ2v) is 4.33. The molecule has 0 unspecified atom stereocenters. The van der Waals surface area contributed by atoms with Gasteiger partial charge in [-0.25, -0.2) is 9.50 Å². The highest BCUT2D eigenvalue weighted by molar-refractivity contribution is 6.32. The highest BCUT2D eigenvalue weighted by atomic mass is 15.2. The zero-order valence-electron chi connectivity index (χ0n) is 9.88. The molecule has 82 valence electrons. The third kappa shape index (κ3) is 1.82. The zero-order chi connectivity index (χ0) is 11.8. The average Bonchev–Trinajstić information content (AvgIpc) is 2.72. The molecular formula is C13H12BN3. The number of hydrogen-bond acceptors (Lipinski definition) is 2. The Kier molecular flexibility index (Phi) is 2.21. The molecule has 0 amide bonds. The highest BCUT2D eigenvalue weighted by Gasteiger charge is 2.04. The summed E-state index contributed by atoms with van der Waals surface area (Å²) in [5.41, 5.74) is 5.33. The van der Waals surface area contributed by atoms with Crippen molar-refractivity contribution in [2.24, 2.45) is 0 Å². The summed E-state index contributed by atoms with van der Waals surface area (Å²) in [5.74, 6) is 0. The molecule has 0 bridgehead atoms. The maximum absolute atomic E-state index is 4.53. The molecule has 3 nitrogen and oxygen atoms in total. The van der Waals surface area contributed by atoms with Crippen LogP contribution in [0.4, 0.5) is 0 Å². The summed E-state index contributed by atoms with van der Waals surface area (Å²) in [6.45, 7) is 2.01. The third-order valence-electron chi connectivity index (χ3n) is 2.79. The molecule has 0 spiro atoms. The van der Waals surface area contributed by atoms with Gasteiger partial charge in [-0.2, -0.15) is 5.10 Å². The first-order chi connectivity index (χ1) is 8.22. The van der Waals surface area contributed by atoms with Gasteiger partial charge in [0.2, 0.25) is 0 Å².